The normalized spacial score (nSPS) is 25.0. The number of fused-ring (bicyclic) bond motifs is 1. The Morgan fingerprint density at radius 2 is 2.05 bits per heavy atom. The van der Waals surface area contributed by atoms with Crippen LogP contribution >= 0.6 is 0 Å². The number of nitriles is 1. The van der Waals surface area contributed by atoms with Gasteiger partial charge in [0.15, 0.2) is 0 Å². The van der Waals surface area contributed by atoms with E-state index in [1.807, 2.05) is 0 Å². The predicted octanol–water partition coefficient (Wildman–Crippen LogP) is 4.21. The van der Waals surface area contributed by atoms with Crippen molar-refractivity contribution in [3.05, 3.63) is 22.9 Å². The summed E-state index contributed by atoms with van der Waals surface area (Å²) in [5.41, 5.74) is 3.24. The summed E-state index contributed by atoms with van der Waals surface area (Å²) in [6.07, 6.45) is 11.0. The molecule has 0 aliphatic heterocycles. The molecule has 1 N–H and O–H groups in total. The fraction of sp³-hybridized carbons (Fsp3) is 0.667. The molecule has 0 bridgehead atoms. The molecule has 2 atom stereocenters. The molecule has 1 aromatic heterocycles. The molecule has 21 heavy (non-hydrogen) atoms. The number of hydrogen-bond donors (Lipinski definition) is 1. The van der Waals surface area contributed by atoms with E-state index in [-0.39, 0.29) is 0 Å². The van der Waals surface area contributed by atoms with Crippen LogP contribution in [0.4, 0.5) is 5.82 Å². The van der Waals surface area contributed by atoms with Crippen molar-refractivity contribution in [3.8, 4) is 6.07 Å². The molecule has 3 heteroatoms. The van der Waals surface area contributed by atoms with Crippen LogP contribution in [0.5, 0.6) is 0 Å². The first kappa shape index (κ1) is 14.4. The molecule has 1 saturated carbocycles. The quantitative estimate of drug-likeness (QED) is 0.903. The Morgan fingerprint density at radius 3 is 2.86 bits per heavy atom. The minimum Gasteiger partial charge on any atom is -0.366 e. The van der Waals surface area contributed by atoms with Crippen LogP contribution in [0.25, 0.3) is 0 Å². The van der Waals surface area contributed by atoms with Gasteiger partial charge in [0, 0.05) is 11.7 Å². The smallest absolute Gasteiger partial charge is 0.144 e. The van der Waals surface area contributed by atoms with E-state index in [0.717, 1.165) is 30.1 Å². The van der Waals surface area contributed by atoms with Crippen molar-refractivity contribution >= 4 is 5.82 Å². The molecule has 112 valence electrons. The lowest BCUT2D eigenvalue weighted by Crippen LogP contribution is -2.32. The summed E-state index contributed by atoms with van der Waals surface area (Å²) < 4.78 is 0. The summed E-state index contributed by atoms with van der Waals surface area (Å²) in [5, 5.41) is 13.1. The van der Waals surface area contributed by atoms with Gasteiger partial charge >= 0.3 is 0 Å². The van der Waals surface area contributed by atoms with Crippen LogP contribution in [-0.4, -0.2) is 11.0 Å². The maximum Gasteiger partial charge on any atom is 0.144 e. The van der Waals surface area contributed by atoms with Crippen molar-refractivity contribution in [2.75, 3.05) is 5.32 Å². The molecule has 1 aromatic rings. The van der Waals surface area contributed by atoms with Gasteiger partial charge in [0.05, 0.1) is 5.56 Å². The van der Waals surface area contributed by atoms with E-state index in [9.17, 15) is 5.26 Å². The molecule has 0 aromatic carbocycles. The van der Waals surface area contributed by atoms with Crippen molar-refractivity contribution in [2.45, 2.75) is 70.8 Å². The topological polar surface area (TPSA) is 48.7 Å². The fourth-order valence-corrected chi connectivity index (χ4v) is 3.89. The van der Waals surface area contributed by atoms with Gasteiger partial charge in [-0.1, -0.05) is 26.2 Å². The van der Waals surface area contributed by atoms with Gasteiger partial charge < -0.3 is 5.32 Å². The molecule has 3 nitrogen and oxygen atoms in total. The predicted molar refractivity (Wildman–Crippen MR) is 85.3 cm³/mol. The molecule has 2 unspecified atom stereocenters. The lowest BCUT2D eigenvalue weighted by atomic mass is 9.83. The van der Waals surface area contributed by atoms with Gasteiger partial charge in [0.2, 0.25) is 0 Å². The third kappa shape index (κ3) is 3.05. The second kappa shape index (κ2) is 6.47. The third-order valence-electron chi connectivity index (χ3n) is 5.18. The van der Waals surface area contributed by atoms with E-state index in [2.05, 4.69) is 24.4 Å². The fourth-order valence-electron chi connectivity index (χ4n) is 3.89. The first-order chi connectivity index (χ1) is 10.3. The summed E-state index contributed by atoms with van der Waals surface area (Å²) in [4.78, 5) is 4.81. The zero-order valence-electron chi connectivity index (χ0n) is 13.0. The van der Waals surface area contributed by atoms with Crippen LogP contribution < -0.4 is 5.32 Å². The Bertz CT molecular complexity index is 544. The van der Waals surface area contributed by atoms with E-state index in [1.54, 1.807) is 0 Å². The number of aromatic nitrogens is 1. The van der Waals surface area contributed by atoms with Crippen LogP contribution in [-0.2, 0) is 12.8 Å². The van der Waals surface area contributed by atoms with Crippen LogP contribution in [0.3, 0.4) is 0 Å². The molecule has 3 rings (SSSR count). The van der Waals surface area contributed by atoms with Crippen molar-refractivity contribution in [2.24, 2.45) is 5.92 Å². The third-order valence-corrected chi connectivity index (χ3v) is 5.18. The highest BCUT2D eigenvalue weighted by Gasteiger charge is 2.25. The van der Waals surface area contributed by atoms with Crippen molar-refractivity contribution in [1.29, 1.82) is 5.26 Å². The van der Waals surface area contributed by atoms with Gasteiger partial charge in [-0.25, -0.2) is 4.98 Å². The number of nitrogens with one attached hydrogen (secondary N) is 1. The van der Waals surface area contributed by atoms with E-state index < -0.39 is 0 Å². The van der Waals surface area contributed by atoms with Crippen LogP contribution in [0.15, 0.2) is 6.07 Å². The number of anilines is 1. The number of hydrogen-bond acceptors (Lipinski definition) is 3. The monoisotopic (exact) mass is 283 g/mol. The Hall–Kier alpha value is -1.56. The SMILES string of the molecule is CCC1CCCCC1Nc1nc2c(cc1C#N)CCCC2. The van der Waals surface area contributed by atoms with E-state index in [0.29, 0.717) is 6.04 Å². The van der Waals surface area contributed by atoms with Gasteiger partial charge in [0.25, 0.3) is 0 Å². The molecule has 2 aliphatic carbocycles. The summed E-state index contributed by atoms with van der Waals surface area (Å²) >= 11 is 0. The minimum atomic E-state index is 0.491. The van der Waals surface area contributed by atoms with Crippen molar-refractivity contribution in [1.82, 2.24) is 4.98 Å². The van der Waals surface area contributed by atoms with Gasteiger partial charge in [-0.15, -0.1) is 0 Å². The molecular weight excluding hydrogens is 258 g/mol. The minimum absolute atomic E-state index is 0.491. The van der Waals surface area contributed by atoms with Gasteiger partial charge in [-0.05, 0) is 56.1 Å². The molecule has 0 radical (unpaired) electrons. The zero-order chi connectivity index (χ0) is 14.7. The maximum atomic E-state index is 9.44. The second-order valence-corrected chi connectivity index (χ2v) is 6.51. The Labute approximate surface area is 127 Å². The maximum absolute atomic E-state index is 9.44. The number of nitrogens with zero attached hydrogens (tertiary/aromatic N) is 2. The molecular formula is C18H25N3. The lowest BCUT2D eigenvalue weighted by molar-refractivity contribution is 0.316. The van der Waals surface area contributed by atoms with Gasteiger partial charge in [-0.3, -0.25) is 0 Å². The number of aryl methyl sites for hydroxylation is 2. The van der Waals surface area contributed by atoms with Crippen LogP contribution in [0.2, 0.25) is 0 Å². The van der Waals surface area contributed by atoms with Crippen LogP contribution in [0, 0.1) is 17.2 Å². The summed E-state index contributed by atoms with van der Waals surface area (Å²) in [5.74, 6) is 1.56. The van der Waals surface area contributed by atoms with Crippen molar-refractivity contribution in [3.63, 3.8) is 0 Å². The zero-order valence-corrected chi connectivity index (χ0v) is 13.0. The molecule has 0 amide bonds. The average Bonchev–Trinajstić information content (AvgIpc) is 2.54. The number of rotatable bonds is 3. The largest absolute Gasteiger partial charge is 0.366 e. The van der Waals surface area contributed by atoms with Gasteiger partial charge in [0.1, 0.15) is 11.9 Å². The van der Waals surface area contributed by atoms with Crippen molar-refractivity contribution < 1.29 is 0 Å². The first-order valence-corrected chi connectivity index (χ1v) is 8.51. The van der Waals surface area contributed by atoms with E-state index in [4.69, 9.17) is 4.98 Å². The highest BCUT2D eigenvalue weighted by Crippen LogP contribution is 2.31. The second-order valence-electron chi connectivity index (χ2n) is 6.51. The molecule has 1 fully saturated rings. The standard InChI is InChI=1S/C18H25N3/c1-2-13-7-3-5-9-16(13)20-18-15(12-19)11-14-8-4-6-10-17(14)21-18/h11,13,16H,2-10H2,1H3,(H,20,21). The number of pyridine rings is 1. The van der Waals surface area contributed by atoms with Gasteiger partial charge in [-0.2, -0.15) is 5.26 Å². The lowest BCUT2D eigenvalue weighted by Gasteiger charge is -2.32. The molecule has 1 heterocycles. The highest BCUT2D eigenvalue weighted by molar-refractivity contribution is 5.55. The van der Waals surface area contributed by atoms with E-state index in [1.165, 1.54) is 56.2 Å². The summed E-state index contributed by atoms with van der Waals surface area (Å²) in [6.45, 7) is 2.27. The Morgan fingerprint density at radius 1 is 1.24 bits per heavy atom. The summed E-state index contributed by atoms with van der Waals surface area (Å²) in [7, 11) is 0. The Kier molecular flexibility index (Phi) is 4.43. The molecule has 2 aliphatic rings. The highest BCUT2D eigenvalue weighted by atomic mass is 15.0. The molecule has 0 spiro atoms. The van der Waals surface area contributed by atoms with Crippen LogP contribution in [0.1, 0.15) is 68.7 Å². The average molecular weight is 283 g/mol. The summed E-state index contributed by atoms with van der Waals surface area (Å²) in [6, 6.07) is 4.91. The molecule has 0 saturated heterocycles. The van der Waals surface area contributed by atoms with E-state index >= 15 is 0 Å². The first-order valence-electron chi connectivity index (χ1n) is 8.51. The Balaban J connectivity index is 1.85.